The smallest absolute Gasteiger partial charge is 0.216 e. The normalized spacial score (nSPS) is 11.4. The number of hydrogen-bond donors (Lipinski definition) is 1. The second-order valence-electron chi connectivity index (χ2n) is 3.12. The van der Waals surface area contributed by atoms with E-state index in [1.807, 2.05) is 14.1 Å². The van der Waals surface area contributed by atoms with Crippen molar-refractivity contribution in [3.05, 3.63) is 0 Å². The third-order valence-corrected chi connectivity index (χ3v) is 1.50. The molecule has 0 spiro atoms. The SMILES string of the molecule is C[13C](=O)N[13CH2][13CH2]CCC=[15N+](C)[13CH3]. The molecule has 0 atom stereocenters. The number of rotatable bonds is 5. The first-order chi connectivity index (χ1) is 5.63. The molecular formula is C9H19N2O+. The maximum Gasteiger partial charge on any atom is 0.216 e. The van der Waals surface area contributed by atoms with Gasteiger partial charge in [-0.3, -0.25) is 4.79 Å². The molecule has 0 saturated heterocycles. The summed E-state index contributed by atoms with van der Waals surface area (Å²) in [7, 11) is 4.04. The van der Waals surface area contributed by atoms with E-state index in [0.29, 0.717) is 0 Å². The lowest BCUT2D eigenvalue weighted by atomic mass is 10.4. The first kappa shape index (κ1) is 11.1. The summed E-state index contributed by atoms with van der Waals surface area (Å²) in [5, 5.41) is 2.77. The summed E-state index contributed by atoms with van der Waals surface area (Å²) >= 11 is 0. The molecule has 0 aromatic heterocycles. The molecule has 0 radical (unpaired) electrons. The number of nitrogens with zero attached hydrogens (tertiary/aromatic N) is 1. The minimum atomic E-state index is 0.0617. The first-order valence-corrected chi connectivity index (χ1v) is 4.37. The minimum Gasteiger partial charge on any atom is -0.356 e. The monoisotopic (exact) mass is 176 g/mol. The molecule has 0 aromatic rings. The summed E-state index contributed by atoms with van der Waals surface area (Å²) in [5.41, 5.74) is 0. The number of hydrogen-bond acceptors (Lipinski definition) is 1. The van der Waals surface area contributed by atoms with E-state index < -0.39 is 0 Å². The summed E-state index contributed by atoms with van der Waals surface area (Å²) in [6.07, 6.45) is 5.43. The zero-order chi connectivity index (χ0) is 9.40. The average molecular weight is 176 g/mol. The van der Waals surface area contributed by atoms with Crippen molar-refractivity contribution in [1.82, 2.24) is 5.32 Å². The maximum absolute atomic E-state index is 10.5. The third-order valence-electron chi connectivity index (χ3n) is 1.50. The van der Waals surface area contributed by atoms with Crippen molar-refractivity contribution in [1.29, 1.82) is 0 Å². The van der Waals surface area contributed by atoms with Crippen molar-refractivity contribution in [2.45, 2.75) is 26.2 Å². The molecule has 3 heteroatoms. The molecule has 70 valence electrons. The van der Waals surface area contributed by atoms with Crippen molar-refractivity contribution < 1.29 is 9.37 Å². The van der Waals surface area contributed by atoms with Crippen molar-refractivity contribution in [2.75, 3.05) is 20.6 Å². The van der Waals surface area contributed by atoms with E-state index in [9.17, 15) is 4.79 Å². The molecule has 0 aliphatic heterocycles. The average Bonchev–Trinajstić information content (AvgIpc) is 1.95. The summed E-state index contributed by atoms with van der Waals surface area (Å²) in [6.45, 7) is 2.35. The van der Waals surface area contributed by atoms with Crippen LogP contribution in [0.25, 0.3) is 0 Å². The van der Waals surface area contributed by atoms with Crippen LogP contribution in [0.4, 0.5) is 0 Å². The first-order valence-electron chi connectivity index (χ1n) is 4.37. The highest BCUT2D eigenvalue weighted by molar-refractivity contribution is 5.72. The van der Waals surface area contributed by atoms with Crippen LogP contribution in [0.2, 0.25) is 0 Å². The molecule has 0 heterocycles. The van der Waals surface area contributed by atoms with Gasteiger partial charge in [0, 0.05) is 19.9 Å². The van der Waals surface area contributed by atoms with Gasteiger partial charge in [-0.1, -0.05) is 0 Å². The lowest BCUT2D eigenvalue weighted by Gasteiger charge is -1.98. The van der Waals surface area contributed by atoms with Crippen LogP contribution >= 0.6 is 0 Å². The van der Waals surface area contributed by atoms with Gasteiger partial charge in [-0.25, -0.2) is 4.58 Å². The van der Waals surface area contributed by atoms with Crippen molar-refractivity contribution in [2.24, 2.45) is 0 Å². The Hall–Kier alpha value is -0.860. The van der Waals surface area contributed by atoms with Gasteiger partial charge in [0.05, 0.1) is 0 Å². The minimum absolute atomic E-state index is 0.0617. The molecule has 0 aromatic carbocycles. The predicted octanol–water partition coefficient (Wildman–Crippen LogP) is 0.636. The fraction of sp³-hybridized carbons (Fsp3) is 0.778. The number of nitrogens with one attached hydrogen (secondary N) is 1. The van der Waals surface area contributed by atoms with Gasteiger partial charge in [0.15, 0.2) is 0 Å². The van der Waals surface area contributed by atoms with E-state index in [1.165, 1.54) is 0 Å². The number of carbonyl (C=O) groups excluding carboxylic acids is 1. The van der Waals surface area contributed by atoms with E-state index in [-0.39, 0.29) is 5.91 Å². The van der Waals surface area contributed by atoms with Gasteiger partial charge in [-0.2, -0.15) is 0 Å². The van der Waals surface area contributed by atoms with E-state index >= 15 is 0 Å². The molecule has 0 saturated carbocycles. The highest BCUT2D eigenvalue weighted by atomic mass is 16.2. The Morgan fingerprint density at radius 3 is 2.58 bits per heavy atom. The van der Waals surface area contributed by atoms with Gasteiger partial charge in [-0.05, 0) is 12.8 Å². The third kappa shape index (κ3) is 9.14. The molecule has 0 fully saturated rings. The quantitative estimate of drug-likeness (QED) is 0.215. The topological polar surface area (TPSA) is 32.1 Å². The Kier molecular flexibility index (Phi) is 6.34. The zero-order valence-corrected chi connectivity index (χ0v) is 8.26. The number of amides is 1. The highest BCUT2D eigenvalue weighted by Crippen LogP contribution is 1.90. The summed E-state index contributed by atoms with van der Waals surface area (Å²) in [6, 6.07) is 0. The molecular weight excluding hydrogens is 157 g/mol. The Balaban J connectivity index is 3.11. The van der Waals surface area contributed by atoms with Crippen molar-refractivity contribution >= 4 is 12.1 Å². The lowest BCUT2D eigenvalue weighted by Crippen LogP contribution is -2.20. The molecule has 0 bridgehead atoms. The molecule has 0 unspecified atom stereocenters. The summed E-state index contributed by atoms with van der Waals surface area (Å²) < 4.78 is 2.05. The Bertz CT molecular complexity index is 160. The van der Waals surface area contributed by atoms with Crippen LogP contribution in [0, 0.1) is 0 Å². The van der Waals surface area contributed by atoms with Crippen LogP contribution in [0.3, 0.4) is 0 Å². The van der Waals surface area contributed by atoms with Crippen LogP contribution in [-0.4, -0.2) is 37.3 Å². The molecule has 0 aliphatic rings. The van der Waals surface area contributed by atoms with E-state index in [0.717, 1.165) is 25.8 Å². The Morgan fingerprint density at radius 2 is 2.08 bits per heavy atom. The highest BCUT2D eigenvalue weighted by Gasteiger charge is 1.91. The fourth-order valence-electron chi connectivity index (χ4n) is 0.883. The zero-order valence-electron chi connectivity index (χ0n) is 8.26. The maximum atomic E-state index is 10.5. The van der Waals surface area contributed by atoms with Crippen LogP contribution in [0.5, 0.6) is 0 Å². The standard InChI is InChI=1S/C9H18N2O/c1-9(12)10-7-5-4-6-8-11(2)3/h8H,4-7H2,1-3H3/p+1/i2+1,5+1,7+1,9+1,11+1. The van der Waals surface area contributed by atoms with E-state index in [2.05, 4.69) is 16.1 Å². The summed E-state index contributed by atoms with van der Waals surface area (Å²) in [4.78, 5) is 10.5. The van der Waals surface area contributed by atoms with Gasteiger partial charge in [-0.15, -0.1) is 0 Å². The molecule has 0 aliphatic carbocycles. The van der Waals surface area contributed by atoms with Crippen LogP contribution < -0.4 is 5.32 Å². The largest absolute Gasteiger partial charge is 0.356 e. The molecule has 0 rings (SSSR count). The summed E-state index contributed by atoms with van der Waals surface area (Å²) in [5.74, 6) is 0.0617. The van der Waals surface area contributed by atoms with Crippen molar-refractivity contribution in [3.63, 3.8) is 0 Å². The van der Waals surface area contributed by atoms with Gasteiger partial charge < -0.3 is 5.32 Å². The second-order valence-corrected chi connectivity index (χ2v) is 3.12. The molecule has 1 amide bonds. The fourth-order valence-corrected chi connectivity index (χ4v) is 0.883. The Labute approximate surface area is 74.5 Å². The molecule has 1 N–H and O–H groups in total. The predicted molar refractivity (Wildman–Crippen MR) is 50.7 cm³/mol. The van der Waals surface area contributed by atoms with Crippen molar-refractivity contribution in [3.8, 4) is 0 Å². The Morgan fingerprint density at radius 1 is 1.42 bits per heavy atom. The number of carbonyl (C=O) groups is 1. The lowest BCUT2D eigenvalue weighted by molar-refractivity contribution is -0.460. The van der Waals surface area contributed by atoms with Crippen LogP contribution in [0.15, 0.2) is 0 Å². The molecule has 12 heavy (non-hydrogen) atoms. The van der Waals surface area contributed by atoms with Gasteiger partial charge in [0.25, 0.3) is 0 Å². The van der Waals surface area contributed by atoms with Crippen LogP contribution in [0.1, 0.15) is 26.2 Å². The van der Waals surface area contributed by atoms with Crippen LogP contribution in [-0.2, 0) is 4.79 Å². The van der Waals surface area contributed by atoms with Gasteiger partial charge in [0.1, 0.15) is 20.3 Å². The second kappa shape index (κ2) is 6.83. The number of unbranched alkanes of at least 4 members (excludes halogenated alkanes) is 2. The van der Waals surface area contributed by atoms with Gasteiger partial charge >= 0.3 is 0 Å². The van der Waals surface area contributed by atoms with E-state index in [1.54, 1.807) is 6.92 Å². The molecule has 3 nitrogen and oxygen atoms in total. The van der Waals surface area contributed by atoms with E-state index in [4.69, 9.17) is 0 Å². The van der Waals surface area contributed by atoms with Gasteiger partial charge in [0.2, 0.25) is 5.91 Å².